The van der Waals surface area contributed by atoms with Gasteiger partial charge in [-0.05, 0) is 31.4 Å². The molecule has 0 bridgehead atoms. The molecule has 1 aliphatic carbocycles. The van der Waals surface area contributed by atoms with E-state index in [4.69, 9.17) is 4.74 Å². The van der Waals surface area contributed by atoms with Gasteiger partial charge >= 0.3 is 0 Å². The van der Waals surface area contributed by atoms with Crippen molar-refractivity contribution in [1.29, 1.82) is 0 Å². The molecule has 1 amide bonds. The largest absolute Gasteiger partial charge is 0.374 e. The number of anilines is 1. The van der Waals surface area contributed by atoms with Crippen molar-refractivity contribution in [2.24, 2.45) is 0 Å². The number of hydrogen-bond donors (Lipinski definition) is 1. The van der Waals surface area contributed by atoms with Crippen LogP contribution in [0.4, 0.5) is 5.82 Å². The van der Waals surface area contributed by atoms with Crippen molar-refractivity contribution in [3.05, 3.63) is 17.8 Å². The highest BCUT2D eigenvalue weighted by atomic mass is 16.5. The van der Waals surface area contributed by atoms with E-state index in [1.165, 1.54) is 0 Å². The Bertz CT molecular complexity index is 462. The average molecular weight is 262 g/mol. The van der Waals surface area contributed by atoms with Gasteiger partial charge in [0.15, 0.2) is 5.69 Å². The predicted octanol–water partition coefficient (Wildman–Crippen LogP) is 0.912. The van der Waals surface area contributed by atoms with Crippen LogP contribution in [0.2, 0.25) is 0 Å². The SMILES string of the molecule is CNc1ccc(C(=O)N2CCOC3CCCC32)nn1. The number of carbonyl (C=O) groups is 1. The van der Waals surface area contributed by atoms with Crippen molar-refractivity contribution in [2.75, 3.05) is 25.5 Å². The molecular formula is C13H18N4O2. The van der Waals surface area contributed by atoms with Crippen molar-refractivity contribution in [2.45, 2.75) is 31.4 Å². The van der Waals surface area contributed by atoms with Crippen LogP contribution in [0.5, 0.6) is 0 Å². The number of morpholine rings is 1. The second kappa shape index (κ2) is 5.13. The zero-order valence-corrected chi connectivity index (χ0v) is 11.0. The molecule has 3 rings (SSSR count). The Morgan fingerprint density at radius 2 is 2.32 bits per heavy atom. The lowest BCUT2D eigenvalue weighted by Gasteiger charge is -2.37. The van der Waals surface area contributed by atoms with Crippen LogP contribution in [0, 0.1) is 0 Å². The molecule has 19 heavy (non-hydrogen) atoms. The fourth-order valence-corrected chi connectivity index (χ4v) is 2.90. The van der Waals surface area contributed by atoms with E-state index in [2.05, 4.69) is 15.5 Å². The van der Waals surface area contributed by atoms with E-state index in [1.54, 1.807) is 19.2 Å². The molecule has 2 unspecified atom stereocenters. The third-order valence-corrected chi connectivity index (χ3v) is 3.88. The minimum atomic E-state index is -0.0321. The number of rotatable bonds is 2. The van der Waals surface area contributed by atoms with E-state index < -0.39 is 0 Å². The van der Waals surface area contributed by atoms with E-state index in [0.29, 0.717) is 24.7 Å². The van der Waals surface area contributed by atoms with Crippen LogP contribution in [-0.4, -0.2) is 53.3 Å². The average Bonchev–Trinajstić information content (AvgIpc) is 2.95. The highest BCUT2D eigenvalue weighted by Gasteiger charge is 2.38. The predicted molar refractivity (Wildman–Crippen MR) is 70.0 cm³/mol. The number of aromatic nitrogens is 2. The third kappa shape index (κ3) is 2.28. The van der Waals surface area contributed by atoms with Gasteiger partial charge < -0.3 is 15.0 Å². The van der Waals surface area contributed by atoms with Crippen LogP contribution in [0.15, 0.2) is 12.1 Å². The van der Waals surface area contributed by atoms with E-state index in [-0.39, 0.29) is 18.1 Å². The van der Waals surface area contributed by atoms with Crippen molar-refractivity contribution in [1.82, 2.24) is 15.1 Å². The van der Waals surface area contributed by atoms with E-state index in [9.17, 15) is 4.79 Å². The first-order valence-corrected chi connectivity index (χ1v) is 6.73. The van der Waals surface area contributed by atoms with E-state index in [0.717, 1.165) is 19.3 Å². The Morgan fingerprint density at radius 3 is 3.05 bits per heavy atom. The molecule has 6 nitrogen and oxygen atoms in total. The van der Waals surface area contributed by atoms with Gasteiger partial charge in [-0.3, -0.25) is 4.79 Å². The molecule has 2 fully saturated rings. The highest BCUT2D eigenvalue weighted by Crippen LogP contribution is 2.30. The minimum absolute atomic E-state index is 0.0321. The maximum Gasteiger partial charge on any atom is 0.274 e. The van der Waals surface area contributed by atoms with Gasteiger partial charge in [-0.2, -0.15) is 0 Å². The van der Waals surface area contributed by atoms with Crippen molar-refractivity contribution in [3.8, 4) is 0 Å². The molecule has 0 aromatic carbocycles. The molecule has 2 aliphatic rings. The van der Waals surface area contributed by atoms with Gasteiger partial charge in [0, 0.05) is 13.6 Å². The molecule has 0 spiro atoms. The van der Waals surface area contributed by atoms with Crippen LogP contribution in [0.25, 0.3) is 0 Å². The number of nitrogens with one attached hydrogen (secondary N) is 1. The Balaban J connectivity index is 1.78. The topological polar surface area (TPSA) is 67.4 Å². The number of fused-ring (bicyclic) bond motifs is 1. The molecule has 6 heteroatoms. The van der Waals surface area contributed by atoms with Gasteiger partial charge in [-0.15, -0.1) is 10.2 Å². The first-order valence-electron chi connectivity index (χ1n) is 6.73. The smallest absolute Gasteiger partial charge is 0.274 e. The number of ether oxygens (including phenoxy) is 1. The summed E-state index contributed by atoms with van der Waals surface area (Å²) in [5.74, 6) is 0.632. The zero-order chi connectivity index (χ0) is 13.2. The zero-order valence-electron chi connectivity index (χ0n) is 11.0. The van der Waals surface area contributed by atoms with Gasteiger partial charge in [0.1, 0.15) is 5.82 Å². The number of amides is 1. The van der Waals surface area contributed by atoms with Crippen molar-refractivity contribution < 1.29 is 9.53 Å². The number of carbonyl (C=O) groups excluding carboxylic acids is 1. The molecule has 1 N–H and O–H groups in total. The van der Waals surface area contributed by atoms with Crippen LogP contribution < -0.4 is 5.32 Å². The quantitative estimate of drug-likeness (QED) is 0.858. The standard InChI is InChI=1S/C13H18N4O2/c1-14-12-6-5-9(15-16-12)13(18)17-7-8-19-11-4-2-3-10(11)17/h5-6,10-11H,2-4,7-8H2,1H3,(H,14,16). The van der Waals surface area contributed by atoms with Gasteiger partial charge in [0.05, 0.1) is 18.8 Å². The van der Waals surface area contributed by atoms with Crippen LogP contribution in [0.1, 0.15) is 29.8 Å². The number of nitrogens with zero attached hydrogens (tertiary/aromatic N) is 3. The van der Waals surface area contributed by atoms with Gasteiger partial charge in [0.25, 0.3) is 5.91 Å². The maximum absolute atomic E-state index is 12.5. The van der Waals surface area contributed by atoms with Crippen molar-refractivity contribution >= 4 is 11.7 Å². The minimum Gasteiger partial charge on any atom is -0.374 e. The Morgan fingerprint density at radius 1 is 1.42 bits per heavy atom. The molecule has 2 atom stereocenters. The summed E-state index contributed by atoms with van der Waals surface area (Å²) in [6.45, 7) is 1.27. The lowest BCUT2D eigenvalue weighted by atomic mass is 10.1. The fraction of sp³-hybridized carbons (Fsp3) is 0.615. The second-order valence-electron chi connectivity index (χ2n) is 4.96. The van der Waals surface area contributed by atoms with Crippen LogP contribution >= 0.6 is 0 Å². The van der Waals surface area contributed by atoms with E-state index >= 15 is 0 Å². The normalized spacial score (nSPS) is 26.1. The summed E-state index contributed by atoms with van der Waals surface area (Å²) in [6, 6.07) is 3.71. The summed E-state index contributed by atoms with van der Waals surface area (Å²) >= 11 is 0. The third-order valence-electron chi connectivity index (χ3n) is 3.88. The number of hydrogen-bond acceptors (Lipinski definition) is 5. The van der Waals surface area contributed by atoms with E-state index in [1.807, 2.05) is 4.90 Å². The first-order chi connectivity index (χ1) is 9.29. The molecule has 1 aromatic heterocycles. The summed E-state index contributed by atoms with van der Waals surface area (Å²) < 4.78 is 5.71. The molecule has 2 heterocycles. The van der Waals surface area contributed by atoms with Gasteiger partial charge in [-0.1, -0.05) is 0 Å². The lowest BCUT2D eigenvalue weighted by Crippen LogP contribution is -2.51. The molecule has 102 valence electrons. The van der Waals surface area contributed by atoms with Crippen LogP contribution in [0.3, 0.4) is 0 Å². The Labute approximate surface area is 112 Å². The Hall–Kier alpha value is -1.69. The second-order valence-corrected chi connectivity index (χ2v) is 4.96. The molecular weight excluding hydrogens is 244 g/mol. The summed E-state index contributed by atoms with van der Waals surface area (Å²) in [5, 5.41) is 10.8. The monoisotopic (exact) mass is 262 g/mol. The molecule has 1 saturated carbocycles. The maximum atomic E-state index is 12.5. The Kier molecular flexibility index (Phi) is 3.33. The van der Waals surface area contributed by atoms with Gasteiger partial charge in [0.2, 0.25) is 0 Å². The highest BCUT2D eigenvalue weighted by molar-refractivity contribution is 5.92. The summed E-state index contributed by atoms with van der Waals surface area (Å²) in [7, 11) is 1.77. The van der Waals surface area contributed by atoms with Crippen LogP contribution in [-0.2, 0) is 4.74 Å². The lowest BCUT2D eigenvalue weighted by molar-refractivity contribution is -0.0447. The molecule has 0 radical (unpaired) electrons. The summed E-state index contributed by atoms with van der Waals surface area (Å²) in [5.41, 5.74) is 0.409. The first kappa shape index (κ1) is 12.3. The molecule has 1 aromatic rings. The fourth-order valence-electron chi connectivity index (χ4n) is 2.90. The molecule has 1 saturated heterocycles. The van der Waals surface area contributed by atoms with Crippen molar-refractivity contribution in [3.63, 3.8) is 0 Å². The molecule has 1 aliphatic heterocycles. The van der Waals surface area contributed by atoms with Gasteiger partial charge in [-0.25, -0.2) is 0 Å². The summed E-state index contributed by atoms with van der Waals surface area (Å²) in [4.78, 5) is 14.4. The summed E-state index contributed by atoms with van der Waals surface area (Å²) in [6.07, 6.45) is 3.42.